The quantitative estimate of drug-likeness (QED) is 0.787. The number of hydrogen-bond acceptors (Lipinski definition) is 5. The number of amides is 1. The maximum Gasteiger partial charge on any atom is 0.222 e. The summed E-state index contributed by atoms with van der Waals surface area (Å²) in [4.78, 5) is 16.3. The van der Waals surface area contributed by atoms with Crippen molar-refractivity contribution in [3.8, 4) is 0 Å². The normalized spacial score (nSPS) is 14.6. The van der Waals surface area contributed by atoms with E-state index in [4.69, 9.17) is 0 Å². The molecule has 7 heteroatoms. The molecule has 3 rings (SSSR count). The molecule has 2 heterocycles. The van der Waals surface area contributed by atoms with Gasteiger partial charge in [-0.2, -0.15) is 0 Å². The van der Waals surface area contributed by atoms with Crippen LogP contribution in [0.4, 0.5) is 5.69 Å². The summed E-state index contributed by atoms with van der Waals surface area (Å²) in [6.07, 6.45) is 1.62. The van der Waals surface area contributed by atoms with Crippen LogP contribution in [0, 0.1) is 5.92 Å². The van der Waals surface area contributed by atoms with Crippen molar-refractivity contribution in [2.24, 2.45) is 5.92 Å². The first kappa shape index (κ1) is 20.3. The predicted molar refractivity (Wildman–Crippen MR) is 111 cm³/mol. The lowest BCUT2D eigenvalue weighted by atomic mass is 10.2. The first-order valence-electron chi connectivity index (χ1n) is 10.1. The standard InChI is InChI=1S/C21H32N6O/c1-16(2)21(28)22-11-9-19-23-24-20-10-12-26(13-14-27(19)20)15-17-5-7-18(8-6-17)25(3)4/h5-8,16H,9-15H2,1-4H3,(H,22,28). The zero-order valence-electron chi connectivity index (χ0n) is 17.5. The smallest absolute Gasteiger partial charge is 0.222 e. The summed E-state index contributed by atoms with van der Waals surface area (Å²) in [5, 5.41) is 11.7. The molecule has 0 aliphatic carbocycles. The number of anilines is 1. The third-order valence-corrected chi connectivity index (χ3v) is 5.23. The van der Waals surface area contributed by atoms with Crippen molar-refractivity contribution in [2.45, 2.75) is 39.8 Å². The van der Waals surface area contributed by atoms with Gasteiger partial charge in [0, 0.05) is 71.3 Å². The number of rotatable bonds is 7. The number of nitrogens with one attached hydrogen (secondary N) is 1. The molecule has 0 saturated carbocycles. The molecule has 0 unspecified atom stereocenters. The van der Waals surface area contributed by atoms with Crippen LogP contribution in [-0.2, 0) is 30.7 Å². The minimum Gasteiger partial charge on any atom is -0.378 e. The van der Waals surface area contributed by atoms with Gasteiger partial charge in [-0.1, -0.05) is 26.0 Å². The molecule has 0 spiro atoms. The van der Waals surface area contributed by atoms with E-state index in [0.717, 1.165) is 50.7 Å². The molecule has 2 aromatic rings. The van der Waals surface area contributed by atoms with Gasteiger partial charge in [0.1, 0.15) is 11.6 Å². The number of benzene rings is 1. The molecule has 1 aromatic carbocycles. The van der Waals surface area contributed by atoms with Gasteiger partial charge in [-0.25, -0.2) is 0 Å². The third kappa shape index (κ3) is 5.10. The van der Waals surface area contributed by atoms with Crippen LogP contribution in [0.5, 0.6) is 0 Å². The van der Waals surface area contributed by atoms with Gasteiger partial charge in [0.25, 0.3) is 0 Å². The Morgan fingerprint density at radius 1 is 1.14 bits per heavy atom. The number of aromatic nitrogens is 3. The van der Waals surface area contributed by atoms with E-state index >= 15 is 0 Å². The van der Waals surface area contributed by atoms with Crippen molar-refractivity contribution in [1.29, 1.82) is 0 Å². The maximum absolute atomic E-state index is 11.7. The lowest BCUT2D eigenvalue weighted by molar-refractivity contribution is -0.123. The summed E-state index contributed by atoms with van der Waals surface area (Å²) in [6.45, 7) is 8.22. The van der Waals surface area contributed by atoms with Crippen molar-refractivity contribution in [1.82, 2.24) is 25.0 Å². The highest BCUT2D eigenvalue weighted by Gasteiger charge is 2.19. The molecule has 0 fully saturated rings. The van der Waals surface area contributed by atoms with Crippen LogP contribution in [0.2, 0.25) is 0 Å². The van der Waals surface area contributed by atoms with Gasteiger partial charge >= 0.3 is 0 Å². The fraction of sp³-hybridized carbons (Fsp3) is 0.571. The summed E-state index contributed by atoms with van der Waals surface area (Å²) in [6, 6.07) is 8.77. The maximum atomic E-state index is 11.7. The minimum atomic E-state index is 0.0101. The summed E-state index contributed by atoms with van der Waals surface area (Å²) >= 11 is 0. The van der Waals surface area contributed by atoms with Crippen LogP contribution in [-0.4, -0.2) is 59.3 Å². The Morgan fingerprint density at radius 2 is 1.89 bits per heavy atom. The molecule has 0 atom stereocenters. The minimum absolute atomic E-state index is 0.0101. The predicted octanol–water partition coefficient (Wildman–Crippen LogP) is 1.72. The largest absolute Gasteiger partial charge is 0.378 e. The lowest BCUT2D eigenvalue weighted by Crippen LogP contribution is -2.30. The average molecular weight is 385 g/mol. The van der Waals surface area contributed by atoms with Crippen LogP contribution in [0.25, 0.3) is 0 Å². The Hall–Kier alpha value is -2.41. The molecule has 0 saturated heterocycles. The Bertz CT molecular complexity index is 781. The van der Waals surface area contributed by atoms with E-state index in [-0.39, 0.29) is 11.8 Å². The summed E-state index contributed by atoms with van der Waals surface area (Å²) in [5.41, 5.74) is 2.56. The van der Waals surface area contributed by atoms with Gasteiger partial charge < -0.3 is 14.8 Å². The number of nitrogens with zero attached hydrogens (tertiary/aromatic N) is 5. The molecule has 7 nitrogen and oxygen atoms in total. The van der Waals surface area contributed by atoms with Gasteiger partial charge in [0.2, 0.25) is 5.91 Å². The second-order valence-electron chi connectivity index (χ2n) is 7.97. The first-order chi connectivity index (χ1) is 13.4. The third-order valence-electron chi connectivity index (χ3n) is 5.23. The summed E-state index contributed by atoms with van der Waals surface area (Å²) in [7, 11) is 4.12. The van der Waals surface area contributed by atoms with Gasteiger partial charge in [-0.3, -0.25) is 9.69 Å². The Balaban J connectivity index is 1.54. The second-order valence-corrected chi connectivity index (χ2v) is 7.97. The number of fused-ring (bicyclic) bond motifs is 1. The fourth-order valence-corrected chi connectivity index (χ4v) is 3.43. The molecular formula is C21H32N6O. The molecule has 0 radical (unpaired) electrons. The van der Waals surface area contributed by atoms with E-state index in [0.29, 0.717) is 6.54 Å². The molecule has 1 amide bonds. The highest BCUT2D eigenvalue weighted by Crippen LogP contribution is 2.16. The first-order valence-corrected chi connectivity index (χ1v) is 10.1. The van der Waals surface area contributed by atoms with E-state index in [1.54, 1.807) is 0 Å². The number of carbonyl (C=O) groups excluding carboxylic acids is 1. The average Bonchev–Trinajstić information content (AvgIpc) is 2.94. The highest BCUT2D eigenvalue weighted by molar-refractivity contribution is 5.77. The van der Waals surface area contributed by atoms with E-state index in [2.05, 4.69) is 68.2 Å². The van der Waals surface area contributed by atoms with Crippen molar-refractivity contribution in [2.75, 3.05) is 38.6 Å². The zero-order valence-corrected chi connectivity index (χ0v) is 17.5. The van der Waals surface area contributed by atoms with E-state index in [1.807, 2.05) is 13.8 Å². The summed E-state index contributed by atoms with van der Waals surface area (Å²) in [5.74, 6) is 2.12. The lowest BCUT2D eigenvalue weighted by Gasteiger charge is -2.20. The fourth-order valence-electron chi connectivity index (χ4n) is 3.43. The van der Waals surface area contributed by atoms with Gasteiger partial charge in [0.05, 0.1) is 0 Å². The highest BCUT2D eigenvalue weighted by atomic mass is 16.1. The monoisotopic (exact) mass is 384 g/mol. The van der Waals surface area contributed by atoms with Crippen LogP contribution in [0.1, 0.15) is 31.1 Å². The molecule has 1 aromatic heterocycles. The van der Waals surface area contributed by atoms with Gasteiger partial charge in [-0.15, -0.1) is 10.2 Å². The molecule has 152 valence electrons. The second kappa shape index (κ2) is 9.19. The van der Waals surface area contributed by atoms with Crippen LogP contribution < -0.4 is 10.2 Å². The molecule has 1 aliphatic rings. The Morgan fingerprint density at radius 3 is 2.57 bits per heavy atom. The van der Waals surface area contributed by atoms with E-state index < -0.39 is 0 Å². The Kier molecular flexibility index (Phi) is 6.67. The topological polar surface area (TPSA) is 66.3 Å². The Labute approximate surface area is 167 Å². The van der Waals surface area contributed by atoms with Crippen LogP contribution >= 0.6 is 0 Å². The molecule has 1 N–H and O–H groups in total. The van der Waals surface area contributed by atoms with Gasteiger partial charge in [0.15, 0.2) is 0 Å². The van der Waals surface area contributed by atoms with Crippen molar-refractivity contribution in [3.63, 3.8) is 0 Å². The molecular weight excluding hydrogens is 352 g/mol. The SMILES string of the molecule is CC(C)C(=O)NCCc1nnc2n1CCN(Cc1ccc(N(C)C)cc1)CC2. The van der Waals surface area contributed by atoms with E-state index in [9.17, 15) is 4.79 Å². The van der Waals surface area contributed by atoms with Crippen molar-refractivity contribution in [3.05, 3.63) is 41.5 Å². The van der Waals surface area contributed by atoms with Gasteiger partial charge in [-0.05, 0) is 17.7 Å². The van der Waals surface area contributed by atoms with Crippen molar-refractivity contribution >= 4 is 11.6 Å². The van der Waals surface area contributed by atoms with Crippen LogP contribution in [0.15, 0.2) is 24.3 Å². The summed E-state index contributed by atoms with van der Waals surface area (Å²) < 4.78 is 2.23. The van der Waals surface area contributed by atoms with Crippen LogP contribution in [0.3, 0.4) is 0 Å². The molecule has 0 bridgehead atoms. The molecule has 1 aliphatic heterocycles. The zero-order chi connectivity index (χ0) is 20.1. The van der Waals surface area contributed by atoms with E-state index in [1.165, 1.54) is 11.3 Å². The number of carbonyl (C=O) groups is 1. The number of hydrogen-bond donors (Lipinski definition) is 1. The molecule has 28 heavy (non-hydrogen) atoms. The van der Waals surface area contributed by atoms with Crippen molar-refractivity contribution < 1.29 is 4.79 Å².